The lowest BCUT2D eigenvalue weighted by Crippen LogP contribution is -2.35. The third-order valence-corrected chi connectivity index (χ3v) is 8.62. The van der Waals surface area contributed by atoms with E-state index in [4.69, 9.17) is 0 Å². The van der Waals surface area contributed by atoms with E-state index >= 15 is 0 Å². The van der Waals surface area contributed by atoms with Crippen molar-refractivity contribution in [2.45, 2.75) is 30.6 Å². The van der Waals surface area contributed by atoms with Crippen molar-refractivity contribution < 1.29 is 17.6 Å². The molecule has 1 N–H and O–H groups in total. The Labute approximate surface area is 200 Å². The molecule has 2 aromatic heterocycles. The van der Waals surface area contributed by atoms with Gasteiger partial charge in [-0.2, -0.15) is 4.31 Å². The summed E-state index contributed by atoms with van der Waals surface area (Å²) < 4.78 is 42.5. The number of halogens is 1. The first-order valence-electron chi connectivity index (χ1n) is 11.0. The van der Waals surface area contributed by atoms with Gasteiger partial charge in [0.1, 0.15) is 5.82 Å². The first kappa shape index (κ1) is 22.7. The van der Waals surface area contributed by atoms with Crippen molar-refractivity contribution in [1.29, 1.82) is 0 Å². The lowest BCUT2D eigenvalue weighted by Gasteiger charge is -2.26. The van der Waals surface area contributed by atoms with Crippen LogP contribution in [0.2, 0.25) is 0 Å². The highest BCUT2D eigenvalue weighted by Gasteiger charge is 2.26. The molecule has 0 aliphatic carbocycles. The predicted molar refractivity (Wildman–Crippen MR) is 130 cm³/mol. The minimum absolute atomic E-state index is 0.0995. The van der Waals surface area contributed by atoms with Crippen LogP contribution in [0.4, 0.5) is 10.1 Å². The maximum Gasteiger partial charge on any atom is 0.243 e. The summed E-state index contributed by atoms with van der Waals surface area (Å²) in [4.78, 5) is 18.2. The van der Waals surface area contributed by atoms with Gasteiger partial charge in [0.25, 0.3) is 0 Å². The van der Waals surface area contributed by atoms with E-state index < -0.39 is 10.0 Å². The molecule has 5 rings (SSSR count). The van der Waals surface area contributed by atoms with Crippen LogP contribution < -0.4 is 5.32 Å². The van der Waals surface area contributed by atoms with Crippen molar-refractivity contribution in [2.24, 2.45) is 0 Å². The van der Waals surface area contributed by atoms with Gasteiger partial charge in [0.2, 0.25) is 15.9 Å². The molecule has 3 heterocycles. The second kappa shape index (κ2) is 9.28. The summed E-state index contributed by atoms with van der Waals surface area (Å²) in [5.41, 5.74) is 2.69. The molecule has 0 radical (unpaired) electrons. The Morgan fingerprint density at radius 3 is 2.62 bits per heavy atom. The number of piperidine rings is 1. The number of amides is 1. The van der Waals surface area contributed by atoms with Crippen LogP contribution in [-0.4, -0.2) is 41.1 Å². The van der Waals surface area contributed by atoms with E-state index in [2.05, 4.69) is 10.3 Å². The molecule has 1 saturated heterocycles. The van der Waals surface area contributed by atoms with Gasteiger partial charge in [-0.15, -0.1) is 11.3 Å². The number of rotatable bonds is 6. The molecule has 0 bridgehead atoms. The highest BCUT2D eigenvalue weighted by Crippen LogP contribution is 2.25. The van der Waals surface area contributed by atoms with Crippen molar-refractivity contribution in [3.63, 3.8) is 0 Å². The van der Waals surface area contributed by atoms with Gasteiger partial charge in [-0.3, -0.25) is 9.20 Å². The number of thiazole rings is 1. The third kappa shape index (κ3) is 4.61. The number of sulfonamides is 1. The van der Waals surface area contributed by atoms with E-state index in [9.17, 15) is 17.6 Å². The van der Waals surface area contributed by atoms with Gasteiger partial charge in [0, 0.05) is 41.6 Å². The number of anilines is 1. The molecular weight excluding hydrogens is 475 g/mol. The molecule has 2 aromatic carbocycles. The van der Waals surface area contributed by atoms with Crippen LogP contribution >= 0.6 is 11.3 Å². The monoisotopic (exact) mass is 498 g/mol. The maximum absolute atomic E-state index is 13.2. The van der Waals surface area contributed by atoms with Gasteiger partial charge in [0.15, 0.2) is 4.96 Å². The summed E-state index contributed by atoms with van der Waals surface area (Å²) in [5.74, 6) is -0.570. The van der Waals surface area contributed by atoms with Gasteiger partial charge in [0.05, 0.1) is 17.0 Å². The van der Waals surface area contributed by atoms with Crippen LogP contribution in [-0.2, 0) is 21.2 Å². The molecule has 1 aliphatic heterocycles. The number of imidazole rings is 1. The molecule has 0 spiro atoms. The number of carbonyl (C=O) groups is 1. The third-order valence-electron chi connectivity index (χ3n) is 5.84. The molecule has 34 heavy (non-hydrogen) atoms. The number of carbonyl (C=O) groups excluding carboxylic acids is 1. The predicted octanol–water partition coefficient (Wildman–Crippen LogP) is 4.56. The maximum atomic E-state index is 13.2. The number of nitrogens with zero attached hydrogens (tertiary/aromatic N) is 3. The first-order chi connectivity index (χ1) is 16.4. The summed E-state index contributed by atoms with van der Waals surface area (Å²) in [6.45, 7) is 1.05. The van der Waals surface area contributed by atoms with E-state index in [-0.39, 0.29) is 23.0 Å². The molecule has 10 heteroatoms. The summed E-state index contributed by atoms with van der Waals surface area (Å²) >= 11 is 1.42. The molecular formula is C24H23FN4O3S2. The van der Waals surface area contributed by atoms with E-state index in [1.807, 2.05) is 16.0 Å². The average Bonchev–Trinajstić information content (AvgIpc) is 3.42. The number of hydrogen-bond acceptors (Lipinski definition) is 5. The molecule has 7 nitrogen and oxygen atoms in total. The summed E-state index contributed by atoms with van der Waals surface area (Å²) in [6.07, 6.45) is 4.69. The molecule has 0 atom stereocenters. The largest absolute Gasteiger partial charge is 0.326 e. The first-order valence-corrected chi connectivity index (χ1v) is 13.3. The number of nitrogens with one attached hydrogen (secondary N) is 1. The fourth-order valence-electron chi connectivity index (χ4n) is 4.07. The molecule has 1 amide bonds. The number of benzene rings is 2. The van der Waals surface area contributed by atoms with Crippen LogP contribution in [0, 0.1) is 5.82 Å². The fraction of sp³-hybridized carbons (Fsp3) is 0.250. The zero-order chi connectivity index (χ0) is 23.7. The van der Waals surface area contributed by atoms with Crippen LogP contribution in [0.3, 0.4) is 0 Å². The summed E-state index contributed by atoms with van der Waals surface area (Å²) in [5, 5.41) is 4.68. The molecule has 1 aliphatic rings. The smallest absolute Gasteiger partial charge is 0.243 e. The minimum atomic E-state index is -3.58. The van der Waals surface area contributed by atoms with Gasteiger partial charge in [-0.05, 0) is 55.3 Å². The highest BCUT2D eigenvalue weighted by atomic mass is 32.2. The van der Waals surface area contributed by atoms with Gasteiger partial charge in [-0.1, -0.05) is 12.5 Å². The van der Waals surface area contributed by atoms with Crippen molar-refractivity contribution in [2.75, 3.05) is 18.4 Å². The van der Waals surface area contributed by atoms with Crippen LogP contribution in [0.5, 0.6) is 0 Å². The second-order valence-corrected chi connectivity index (χ2v) is 11.0. The van der Waals surface area contributed by atoms with Crippen LogP contribution in [0.1, 0.15) is 25.0 Å². The van der Waals surface area contributed by atoms with Crippen LogP contribution in [0.15, 0.2) is 65.0 Å². The zero-order valence-corrected chi connectivity index (χ0v) is 19.9. The average molecular weight is 499 g/mol. The van der Waals surface area contributed by atoms with E-state index in [1.165, 1.54) is 33.8 Å². The minimum Gasteiger partial charge on any atom is -0.326 e. The quantitative estimate of drug-likeness (QED) is 0.423. The van der Waals surface area contributed by atoms with Crippen molar-refractivity contribution in [1.82, 2.24) is 13.7 Å². The number of fused-ring (bicyclic) bond motifs is 1. The fourth-order valence-corrected chi connectivity index (χ4v) is 6.51. The van der Waals surface area contributed by atoms with E-state index in [0.717, 1.165) is 35.5 Å². The van der Waals surface area contributed by atoms with Crippen molar-refractivity contribution in [3.05, 3.63) is 71.6 Å². The Morgan fingerprint density at radius 2 is 1.85 bits per heavy atom. The Morgan fingerprint density at radius 1 is 1.09 bits per heavy atom. The number of aromatic nitrogens is 2. The number of hydrogen-bond donors (Lipinski definition) is 1. The molecule has 4 aromatic rings. The Balaban J connectivity index is 1.31. The standard InChI is InChI=1S/C24H23FN4O3S2/c25-18-9-7-17(8-10-18)22-15-29-20(16-33-24(29)27-22)14-23(30)26-19-5-4-6-21(13-19)34(31,32)28-11-2-1-3-12-28/h4-10,13,15-16H,1-3,11-12,14H2,(H,26,30). The Bertz CT molecular complexity index is 1440. The normalized spacial score (nSPS) is 15.0. The van der Waals surface area contributed by atoms with E-state index in [1.54, 1.807) is 30.3 Å². The molecule has 0 saturated carbocycles. The van der Waals surface area contributed by atoms with Crippen molar-refractivity contribution in [3.8, 4) is 11.3 Å². The van der Waals surface area contributed by atoms with E-state index in [0.29, 0.717) is 24.5 Å². The Kier molecular flexibility index (Phi) is 6.20. The summed E-state index contributed by atoms with van der Waals surface area (Å²) in [7, 11) is -3.58. The highest BCUT2D eigenvalue weighted by molar-refractivity contribution is 7.89. The molecule has 176 valence electrons. The lowest BCUT2D eigenvalue weighted by molar-refractivity contribution is -0.115. The molecule has 0 unspecified atom stereocenters. The SMILES string of the molecule is O=C(Cc1csc2nc(-c3ccc(F)cc3)cn12)Nc1cccc(S(=O)(=O)N2CCCCC2)c1. The zero-order valence-electron chi connectivity index (χ0n) is 18.3. The lowest BCUT2D eigenvalue weighted by atomic mass is 10.2. The van der Waals surface area contributed by atoms with Gasteiger partial charge in [-0.25, -0.2) is 17.8 Å². The topological polar surface area (TPSA) is 83.8 Å². The second-order valence-electron chi connectivity index (χ2n) is 8.23. The molecule has 1 fully saturated rings. The van der Waals surface area contributed by atoms with Gasteiger partial charge >= 0.3 is 0 Å². The summed E-state index contributed by atoms with van der Waals surface area (Å²) in [6, 6.07) is 12.5. The Hall–Kier alpha value is -3.08. The van der Waals surface area contributed by atoms with Crippen LogP contribution in [0.25, 0.3) is 16.2 Å². The van der Waals surface area contributed by atoms with Crippen molar-refractivity contribution >= 4 is 37.9 Å². The van der Waals surface area contributed by atoms with Gasteiger partial charge < -0.3 is 5.32 Å².